The van der Waals surface area contributed by atoms with Crippen LogP contribution in [-0.4, -0.2) is 29.4 Å². The Morgan fingerprint density at radius 1 is 0.889 bits per heavy atom. The molecule has 0 aliphatic carbocycles. The minimum absolute atomic E-state index is 0.766. The molecule has 0 saturated carbocycles. The van der Waals surface area contributed by atoms with Crippen molar-refractivity contribution in [2.24, 2.45) is 0 Å². The lowest BCUT2D eigenvalue weighted by molar-refractivity contribution is 0.882. The highest BCUT2D eigenvalue weighted by Crippen LogP contribution is 2.18. The number of rotatable bonds is 1. The van der Waals surface area contributed by atoms with Gasteiger partial charge in [0.1, 0.15) is 12.7 Å². The van der Waals surface area contributed by atoms with E-state index in [4.69, 9.17) is 0 Å². The first-order chi connectivity index (χ1) is 8.93. The standard InChI is InChI=1S/C12H8N6/c1-2-4-9(5-3-1)18-12-10(6-15-18)11-13-7-16-17(11)8-14-12/h1-8H. The van der Waals surface area contributed by atoms with Crippen LogP contribution in [0.1, 0.15) is 0 Å². The molecule has 6 heteroatoms. The van der Waals surface area contributed by atoms with Crippen molar-refractivity contribution in [2.45, 2.75) is 0 Å². The van der Waals surface area contributed by atoms with Crippen molar-refractivity contribution in [2.75, 3.05) is 0 Å². The topological polar surface area (TPSA) is 60.9 Å². The molecule has 0 N–H and O–H groups in total. The summed E-state index contributed by atoms with van der Waals surface area (Å²) in [6.07, 6.45) is 4.92. The second kappa shape index (κ2) is 3.36. The Morgan fingerprint density at radius 2 is 1.78 bits per heavy atom. The monoisotopic (exact) mass is 236 g/mol. The molecule has 0 amide bonds. The lowest BCUT2D eigenvalue weighted by Crippen LogP contribution is -1.98. The average molecular weight is 236 g/mol. The first-order valence-corrected chi connectivity index (χ1v) is 5.51. The van der Waals surface area contributed by atoms with Crippen LogP contribution in [0.4, 0.5) is 0 Å². The summed E-state index contributed by atoms with van der Waals surface area (Å²) in [5.74, 6) is 0. The van der Waals surface area contributed by atoms with Crippen LogP contribution in [0.2, 0.25) is 0 Å². The van der Waals surface area contributed by atoms with Gasteiger partial charge in [0.15, 0.2) is 11.3 Å². The van der Waals surface area contributed by atoms with Crippen LogP contribution in [-0.2, 0) is 0 Å². The summed E-state index contributed by atoms with van der Waals surface area (Å²) in [5, 5.41) is 9.31. The van der Waals surface area contributed by atoms with Gasteiger partial charge in [-0.05, 0) is 12.1 Å². The van der Waals surface area contributed by atoms with Crippen LogP contribution in [0.3, 0.4) is 0 Å². The maximum absolute atomic E-state index is 4.38. The van der Waals surface area contributed by atoms with Crippen LogP contribution in [0.25, 0.3) is 22.4 Å². The summed E-state index contributed by atoms with van der Waals surface area (Å²) in [4.78, 5) is 8.59. The molecule has 0 saturated heterocycles. The molecule has 0 fully saturated rings. The van der Waals surface area contributed by atoms with Crippen LogP contribution in [0, 0.1) is 0 Å². The summed E-state index contributed by atoms with van der Waals surface area (Å²) < 4.78 is 3.43. The number of hydrogen-bond donors (Lipinski definition) is 0. The molecule has 4 rings (SSSR count). The molecule has 0 radical (unpaired) electrons. The number of aromatic nitrogens is 6. The zero-order valence-electron chi connectivity index (χ0n) is 9.30. The van der Waals surface area contributed by atoms with Crippen LogP contribution in [0.5, 0.6) is 0 Å². The Balaban J connectivity index is 2.09. The van der Waals surface area contributed by atoms with E-state index in [-0.39, 0.29) is 0 Å². The van der Waals surface area contributed by atoms with E-state index in [1.54, 1.807) is 21.7 Å². The lowest BCUT2D eigenvalue weighted by atomic mass is 10.3. The molecule has 0 spiro atoms. The number of para-hydroxylation sites is 1. The molecule has 1 aromatic carbocycles. The van der Waals surface area contributed by atoms with Gasteiger partial charge in [0.05, 0.1) is 17.3 Å². The van der Waals surface area contributed by atoms with E-state index in [2.05, 4.69) is 20.2 Å². The molecule has 0 atom stereocenters. The van der Waals surface area contributed by atoms with E-state index in [0.717, 1.165) is 22.4 Å². The molecule has 0 bridgehead atoms. The molecule has 0 aliphatic rings. The Hall–Kier alpha value is -2.76. The van der Waals surface area contributed by atoms with Gasteiger partial charge < -0.3 is 0 Å². The number of benzene rings is 1. The van der Waals surface area contributed by atoms with Gasteiger partial charge in [-0.2, -0.15) is 10.2 Å². The largest absolute Gasteiger partial charge is 0.216 e. The molecular formula is C12H8N6. The first-order valence-electron chi connectivity index (χ1n) is 5.51. The lowest BCUT2D eigenvalue weighted by Gasteiger charge is -2.01. The summed E-state index contributed by atoms with van der Waals surface area (Å²) >= 11 is 0. The van der Waals surface area contributed by atoms with Gasteiger partial charge in [-0.25, -0.2) is 19.2 Å². The molecule has 0 aliphatic heterocycles. The highest BCUT2D eigenvalue weighted by atomic mass is 15.3. The van der Waals surface area contributed by atoms with Crippen molar-refractivity contribution in [3.05, 3.63) is 49.2 Å². The minimum Gasteiger partial charge on any atom is -0.216 e. The third-order valence-corrected chi connectivity index (χ3v) is 2.85. The van der Waals surface area contributed by atoms with Crippen LogP contribution < -0.4 is 0 Å². The minimum atomic E-state index is 0.766. The fourth-order valence-corrected chi connectivity index (χ4v) is 2.02. The van der Waals surface area contributed by atoms with Gasteiger partial charge >= 0.3 is 0 Å². The Labute approximate surface area is 102 Å². The maximum atomic E-state index is 4.38. The van der Waals surface area contributed by atoms with Gasteiger partial charge in [-0.1, -0.05) is 18.2 Å². The predicted molar refractivity (Wildman–Crippen MR) is 65.4 cm³/mol. The first kappa shape index (κ1) is 9.29. The van der Waals surface area contributed by atoms with Crippen LogP contribution in [0.15, 0.2) is 49.2 Å². The van der Waals surface area contributed by atoms with Crippen molar-refractivity contribution in [3.63, 3.8) is 0 Å². The predicted octanol–water partition coefficient (Wildman–Crippen LogP) is 1.46. The Kier molecular flexibility index (Phi) is 1.74. The van der Waals surface area contributed by atoms with E-state index in [0.29, 0.717) is 0 Å². The fraction of sp³-hybridized carbons (Fsp3) is 0. The van der Waals surface area contributed by atoms with E-state index < -0.39 is 0 Å². The number of nitrogens with zero attached hydrogens (tertiary/aromatic N) is 6. The van der Waals surface area contributed by atoms with Gasteiger partial charge in [-0.15, -0.1) is 0 Å². The Bertz CT molecular complexity index is 829. The van der Waals surface area contributed by atoms with Crippen molar-refractivity contribution < 1.29 is 0 Å². The smallest absolute Gasteiger partial charge is 0.169 e. The van der Waals surface area contributed by atoms with Crippen molar-refractivity contribution in [3.8, 4) is 5.69 Å². The SMILES string of the molecule is c1ccc(-n2ncc3c2ncn2ncnc32)cc1. The van der Waals surface area contributed by atoms with Gasteiger partial charge in [0.2, 0.25) is 0 Å². The third kappa shape index (κ3) is 1.17. The zero-order valence-corrected chi connectivity index (χ0v) is 9.30. The molecule has 0 unspecified atom stereocenters. The van der Waals surface area contributed by atoms with E-state index in [1.165, 1.54) is 6.33 Å². The van der Waals surface area contributed by atoms with Gasteiger partial charge in [-0.3, -0.25) is 0 Å². The molecule has 4 aromatic rings. The second-order valence-corrected chi connectivity index (χ2v) is 3.90. The van der Waals surface area contributed by atoms with Crippen molar-refractivity contribution in [1.29, 1.82) is 0 Å². The quantitative estimate of drug-likeness (QED) is 0.502. The summed E-state index contributed by atoms with van der Waals surface area (Å²) in [5.41, 5.74) is 2.52. The number of hydrogen-bond acceptors (Lipinski definition) is 4. The van der Waals surface area contributed by atoms with E-state index in [1.807, 2.05) is 30.3 Å². The highest BCUT2D eigenvalue weighted by Gasteiger charge is 2.10. The van der Waals surface area contributed by atoms with Gasteiger partial charge in [0, 0.05) is 0 Å². The van der Waals surface area contributed by atoms with Crippen molar-refractivity contribution in [1.82, 2.24) is 29.4 Å². The van der Waals surface area contributed by atoms with Gasteiger partial charge in [0.25, 0.3) is 0 Å². The third-order valence-electron chi connectivity index (χ3n) is 2.85. The Morgan fingerprint density at radius 3 is 2.67 bits per heavy atom. The molecular weight excluding hydrogens is 228 g/mol. The summed E-state index contributed by atoms with van der Waals surface area (Å²) in [7, 11) is 0. The summed E-state index contributed by atoms with van der Waals surface area (Å²) in [6.45, 7) is 0. The zero-order chi connectivity index (χ0) is 11.9. The van der Waals surface area contributed by atoms with Crippen LogP contribution >= 0.6 is 0 Å². The van der Waals surface area contributed by atoms with Crippen molar-refractivity contribution >= 4 is 16.7 Å². The number of fused-ring (bicyclic) bond motifs is 3. The average Bonchev–Trinajstić information content (AvgIpc) is 3.05. The highest BCUT2D eigenvalue weighted by molar-refractivity contribution is 5.89. The maximum Gasteiger partial charge on any atom is 0.169 e. The molecule has 6 nitrogen and oxygen atoms in total. The molecule has 3 aromatic heterocycles. The molecule has 18 heavy (non-hydrogen) atoms. The summed E-state index contributed by atoms with van der Waals surface area (Å²) in [6, 6.07) is 9.89. The van der Waals surface area contributed by atoms with E-state index >= 15 is 0 Å². The second-order valence-electron chi connectivity index (χ2n) is 3.90. The fourth-order valence-electron chi connectivity index (χ4n) is 2.02. The molecule has 86 valence electrons. The van der Waals surface area contributed by atoms with E-state index in [9.17, 15) is 0 Å². The normalized spacial score (nSPS) is 11.3. The molecule has 3 heterocycles.